The Hall–Kier alpha value is -1.16. The van der Waals surface area contributed by atoms with Crippen molar-refractivity contribution in [3.05, 3.63) is 29.8 Å². The van der Waals surface area contributed by atoms with Crippen LogP contribution >= 0.6 is 0 Å². The average Bonchev–Trinajstić information content (AvgIpc) is 3.13. The van der Waals surface area contributed by atoms with Crippen LogP contribution in [-0.4, -0.2) is 18.7 Å². The molecule has 0 aliphatic heterocycles. The van der Waals surface area contributed by atoms with Crippen LogP contribution in [-0.2, 0) is 0 Å². The highest BCUT2D eigenvalue weighted by molar-refractivity contribution is 5.24. The van der Waals surface area contributed by atoms with E-state index in [1.165, 1.54) is 25.0 Å². The molecule has 0 saturated heterocycles. The van der Waals surface area contributed by atoms with Gasteiger partial charge in [-0.3, -0.25) is 0 Å². The van der Waals surface area contributed by atoms with Crippen LogP contribution in [0.3, 0.4) is 0 Å². The molecule has 0 aromatic heterocycles. The van der Waals surface area contributed by atoms with Crippen LogP contribution in [0, 0.1) is 11.6 Å². The summed E-state index contributed by atoms with van der Waals surface area (Å²) in [5.41, 5.74) is 0. The quantitative estimate of drug-likeness (QED) is 0.807. The minimum Gasteiger partial charge on any atom is -0.486 e. The minimum absolute atomic E-state index is 0.0597. The van der Waals surface area contributed by atoms with Gasteiger partial charge in [0.1, 0.15) is 11.9 Å². The summed E-state index contributed by atoms with van der Waals surface area (Å²) in [5, 5.41) is 3.37. The van der Waals surface area contributed by atoms with Crippen molar-refractivity contribution in [1.82, 2.24) is 5.32 Å². The SMILES string of the molecule is CCCC(CNC1CC1)Oc1ccc(F)cc1F. The molecule has 0 bridgehead atoms. The van der Waals surface area contributed by atoms with Crippen molar-refractivity contribution in [2.75, 3.05) is 6.54 Å². The van der Waals surface area contributed by atoms with Gasteiger partial charge in [-0.15, -0.1) is 0 Å². The normalized spacial score (nSPS) is 16.6. The van der Waals surface area contributed by atoms with Crippen LogP contribution in [0.15, 0.2) is 18.2 Å². The van der Waals surface area contributed by atoms with E-state index in [1.54, 1.807) is 0 Å². The number of nitrogens with one attached hydrogen (secondary N) is 1. The molecule has 18 heavy (non-hydrogen) atoms. The summed E-state index contributed by atoms with van der Waals surface area (Å²) in [6, 6.07) is 4.03. The first-order chi connectivity index (χ1) is 8.69. The molecule has 2 nitrogen and oxygen atoms in total. The molecule has 4 heteroatoms. The second kappa shape index (κ2) is 6.14. The van der Waals surface area contributed by atoms with E-state index in [0.717, 1.165) is 25.5 Å². The molecule has 1 N–H and O–H groups in total. The minimum atomic E-state index is -0.637. The lowest BCUT2D eigenvalue weighted by molar-refractivity contribution is 0.178. The van der Waals surface area contributed by atoms with Gasteiger partial charge in [0, 0.05) is 18.7 Å². The molecule has 100 valence electrons. The highest BCUT2D eigenvalue weighted by Crippen LogP contribution is 2.22. The molecule has 0 amide bonds. The van der Waals surface area contributed by atoms with E-state index in [0.29, 0.717) is 6.04 Å². The largest absolute Gasteiger partial charge is 0.486 e. The van der Waals surface area contributed by atoms with Gasteiger partial charge >= 0.3 is 0 Å². The second-order valence-electron chi connectivity index (χ2n) is 4.79. The zero-order valence-corrected chi connectivity index (χ0v) is 10.6. The van der Waals surface area contributed by atoms with Crippen LogP contribution in [0.25, 0.3) is 0 Å². The average molecular weight is 255 g/mol. The summed E-state index contributed by atoms with van der Waals surface area (Å²) in [6.07, 6.45) is 4.19. The van der Waals surface area contributed by atoms with Gasteiger partial charge < -0.3 is 10.1 Å². The zero-order chi connectivity index (χ0) is 13.0. The smallest absolute Gasteiger partial charge is 0.167 e. The zero-order valence-electron chi connectivity index (χ0n) is 10.6. The molecule has 1 atom stereocenters. The molecular weight excluding hydrogens is 236 g/mol. The molecule has 1 fully saturated rings. The lowest BCUT2D eigenvalue weighted by Gasteiger charge is -2.19. The molecule has 1 aromatic rings. The van der Waals surface area contributed by atoms with Crippen molar-refractivity contribution >= 4 is 0 Å². The Balaban J connectivity index is 1.92. The van der Waals surface area contributed by atoms with Crippen molar-refractivity contribution in [3.63, 3.8) is 0 Å². The molecule has 1 saturated carbocycles. The molecule has 0 spiro atoms. The molecule has 1 aromatic carbocycles. The van der Waals surface area contributed by atoms with Gasteiger partial charge in [-0.2, -0.15) is 0 Å². The van der Waals surface area contributed by atoms with Gasteiger partial charge in [-0.05, 0) is 31.4 Å². The number of rotatable bonds is 7. The van der Waals surface area contributed by atoms with E-state index >= 15 is 0 Å². The fraction of sp³-hybridized carbons (Fsp3) is 0.571. The van der Waals surface area contributed by atoms with Crippen LogP contribution in [0.1, 0.15) is 32.6 Å². The number of hydrogen-bond donors (Lipinski definition) is 1. The molecule has 1 aliphatic rings. The first-order valence-electron chi connectivity index (χ1n) is 6.54. The molecular formula is C14H19F2NO. The van der Waals surface area contributed by atoms with Gasteiger partial charge in [0.2, 0.25) is 0 Å². The van der Waals surface area contributed by atoms with Gasteiger partial charge in [0.25, 0.3) is 0 Å². The van der Waals surface area contributed by atoms with Crippen LogP contribution in [0.2, 0.25) is 0 Å². The highest BCUT2D eigenvalue weighted by atomic mass is 19.1. The Morgan fingerprint density at radius 3 is 2.78 bits per heavy atom. The number of halogens is 2. The third-order valence-corrected chi connectivity index (χ3v) is 3.01. The lowest BCUT2D eigenvalue weighted by atomic mass is 10.2. The Kier molecular flexibility index (Phi) is 4.53. The maximum Gasteiger partial charge on any atom is 0.167 e. The summed E-state index contributed by atoms with van der Waals surface area (Å²) in [6.45, 7) is 2.78. The summed E-state index contributed by atoms with van der Waals surface area (Å²) < 4.78 is 31.9. The highest BCUT2D eigenvalue weighted by Gasteiger charge is 2.22. The van der Waals surface area contributed by atoms with Gasteiger partial charge in [-0.25, -0.2) is 8.78 Å². The standard InChI is InChI=1S/C14H19F2NO/c1-2-3-12(9-17-11-5-6-11)18-14-7-4-10(15)8-13(14)16/h4,7-8,11-12,17H,2-3,5-6,9H2,1H3. The van der Waals surface area contributed by atoms with Gasteiger partial charge in [0.15, 0.2) is 11.6 Å². The summed E-state index contributed by atoms with van der Waals surface area (Å²) in [7, 11) is 0. The van der Waals surface area contributed by atoms with E-state index in [4.69, 9.17) is 4.74 Å². The second-order valence-corrected chi connectivity index (χ2v) is 4.79. The third-order valence-electron chi connectivity index (χ3n) is 3.01. The van der Waals surface area contributed by atoms with E-state index in [9.17, 15) is 8.78 Å². The van der Waals surface area contributed by atoms with Crippen molar-refractivity contribution in [2.45, 2.75) is 44.8 Å². The maximum absolute atomic E-state index is 13.5. The topological polar surface area (TPSA) is 21.3 Å². The van der Waals surface area contributed by atoms with Crippen molar-refractivity contribution < 1.29 is 13.5 Å². The van der Waals surface area contributed by atoms with E-state index in [1.807, 2.05) is 0 Å². The van der Waals surface area contributed by atoms with Gasteiger partial charge in [0.05, 0.1) is 0 Å². The Bertz CT molecular complexity index is 393. The Morgan fingerprint density at radius 1 is 1.39 bits per heavy atom. The number of hydrogen-bond acceptors (Lipinski definition) is 2. The Morgan fingerprint density at radius 2 is 2.17 bits per heavy atom. The summed E-state index contributed by atoms with van der Waals surface area (Å²) in [4.78, 5) is 0. The predicted octanol–water partition coefficient (Wildman–Crippen LogP) is 3.26. The van der Waals surface area contributed by atoms with Crippen molar-refractivity contribution in [2.24, 2.45) is 0 Å². The lowest BCUT2D eigenvalue weighted by Crippen LogP contribution is -2.32. The predicted molar refractivity (Wildman–Crippen MR) is 66.7 cm³/mol. The monoisotopic (exact) mass is 255 g/mol. The summed E-state index contributed by atoms with van der Waals surface area (Å²) in [5.74, 6) is -1.09. The maximum atomic E-state index is 13.5. The fourth-order valence-electron chi connectivity index (χ4n) is 1.86. The van der Waals surface area contributed by atoms with Crippen LogP contribution in [0.4, 0.5) is 8.78 Å². The Labute approximate surface area is 106 Å². The molecule has 0 radical (unpaired) electrons. The number of ether oxygens (including phenoxy) is 1. The van der Waals surface area contributed by atoms with E-state index in [2.05, 4.69) is 12.2 Å². The molecule has 1 aliphatic carbocycles. The third kappa shape index (κ3) is 3.95. The van der Waals surface area contributed by atoms with Crippen LogP contribution in [0.5, 0.6) is 5.75 Å². The summed E-state index contributed by atoms with van der Waals surface area (Å²) >= 11 is 0. The van der Waals surface area contributed by atoms with Crippen molar-refractivity contribution in [3.8, 4) is 5.75 Å². The van der Waals surface area contributed by atoms with E-state index < -0.39 is 11.6 Å². The fourth-order valence-corrected chi connectivity index (χ4v) is 1.86. The molecule has 1 unspecified atom stereocenters. The van der Waals surface area contributed by atoms with E-state index in [-0.39, 0.29) is 11.9 Å². The molecule has 2 rings (SSSR count). The molecule has 0 heterocycles. The van der Waals surface area contributed by atoms with Gasteiger partial charge in [-0.1, -0.05) is 13.3 Å². The van der Waals surface area contributed by atoms with Crippen molar-refractivity contribution in [1.29, 1.82) is 0 Å². The first kappa shape index (κ1) is 13.3. The number of benzene rings is 1. The first-order valence-corrected chi connectivity index (χ1v) is 6.54. The van der Waals surface area contributed by atoms with Crippen LogP contribution < -0.4 is 10.1 Å².